The average Bonchev–Trinajstić information content (AvgIpc) is 2.76. The topological polar surface area (TPSA) is 54.0 Å². The lowest BCUT2D eigenvalue weighted by Gasteiger charge is -2.48. The zero-order valence-corrected chi connectivity index (χ0v) is 22.1. The average molecular weight is 431 g/mol. The Balaban J connectivity index is 2.40. The predicted octanol–water partition coefficient (Wildman–Crippen LogP) is 5.26. The number of rotatable bonds is 4. The molecule has 1 heterocycles. The second-order valence-electron chi connectivity index (χ2n) is 12.0. The van der Waals surface area contributed by atoms with Crippen molar-refractivity contribution in [3.05, 3.63) is 0 Å². The number of fused-ring (bicyclic) bond motifs is 1. The number of ketones is 1. The molecule has 5 nitrogen and oxygen atoms in total. The molecule has 28 heavy (non-hydrogen) atoms. The summed E-state index contributed by atoms with van der Waals surface area (Å²) in [5.74, 6) is -0.722. The first-order valence-electron chi connectivity index (χ1n) is 10.5. The van der Waals surface area contributed by atoms with E-state index in [1.54, 1.807) is 0 Å². The fourth-order valence-corrected chi connectivity index (χ4v) is 5.89. The number of Topliss-reactive ketones (excluding diaryl/α,β-unsaturated/α-hetero) is 1. The molecule has 0 bridgehead atoms. The van der Waals surface area contributed by atoms with E-state index in [4.69, 9.17) is 18.3 Å². The lowest BCUT2D eigenvalue weighted by Crippen LogP contribution is -2.61. The van der Waals surface area contributed by atoms with Gasteiger partial charge in [0.25, 0.3) is 0 Å². The molecule has 0 aromatic carbocycles. The van der Waals surface area contributed by atoms with Crippen molar-refractivity contribution in [2.24, 2.45) is 0 Å². The Morgan fingerprint density at radius 3 is 1.82 bits per heavy atom. The quantitative estimate of drug-likeness (QED) is 0.569. The third-order valence-electron chi connectivity index (χ3n) is 7.03. The molecular weight excluding hydrogens is 388 g/mol. The molecule has 1 aliphatic heterocycles. The van der Waals surface area contributed by atoms with Gasteiger partial charge in [-0.1, -0.05) is 41.5 Å². The maximum absolute atomic E-state index is 12.9. The van der Waals surface area contributed by atoms with Crippen molar-refractivity contribution in [3.8, 4) is 0 Å². The highest BCUT2D eigenvalue weighted by Gasteiger charge is 2.58. The van der Waals surface area contributed by atoms with Crippen LogP contribution in [0.5, 0.6) is 0 Å². The van der Waals surface area contributed by atoms with E-state index in [2.05, 4.69) is 67.7 Å². The molecule has 2 unspecified atom stereocenters. The summed E-state index contributed by atoms with van der Waals surface area (Å²) >= 11 is 0. The van der Waals surface area contributed by atoms with Gasteiger partial charge in [0, 0.05) is 6.42 Å². The van der Waals surface area contributed by atoms with E-state index in [0.717, 1.165) is 0 Å². The first-order valence-corrected chi connectivity index (χ1v) is 16.3. The molecule has 0 radical (unpaired) electrons. The van der Waals surface area contributed by atoms with Crippen LogP contribution >= 0.6 is 0 Å². The maximum Gasteiger partial charge on any atom is 0.192 e. The molecule has 1 saturated carbocycles. The van der Waals surface area contributed by atoms with E-state index in [1.165, 1.54) is 0 Å². The molecule has 7 heteroatoms. The zero-order valence-electron chi connectivity index (χ0n) is 20.1. The smallest absolute Gasteiger partial charge is 0.192 e. The Morgan fingerprint density at radius 2 is 1.36 bits per heavy atom. The molecule has 0 amide bonds. The highest BCUT2D eigenvalue weighted by Crippen LogP contribution is 2.45. The molecule has 1 aliphatic carbocycles. The summed E-state index contributed by atoms with van der Waals surface area (Å²) in [5.41, 5.74) is 0. The van der Waals surface area contributed by atoms with Crippen LogP contribution in [0.15, 0.2) is 0 Å². The third kappa shape index (κ3) is 4.81. The SMILES string of the molecule is CC1(C)O[C@@H]2C(=O)CC(O[Si](C)(C)C(C)(C)C)C(O[Si](C)(C)C(C)(C)C)[C@@H]2O1. The molecule has 0 aromatic rings. The van der Waals surface area contributed by atoms with Crippen LogP contribution in [-0.2, 0) is 23.1 Å². The standard InChI is InChI=1S/C21H42O5Si2/c1-19(2,3)27(9,10)25-15-13-14(22)16-18(24-21(7,8)23-16)17(15)26-28(11,12)20(4,5)6/h15-18H,13H2,1-12H3/t15?,16-,17?,18-/m1/s1. The fourth-order valence-electron chi connectivity index (χ4n) is 3.24. The van der Waals surface area contributed by atoms with Gasteiger partial charge in [-0.15, -0.1) is 0 Å². The molecule has 4 atom stereocenters. The van der Waals surface area contributed by atoms with Crippen LogP contribution in [0.1, 0.15) is 61.8 Å². The molecule has 2 rings (SSSR count). The van der Waals surface area contributed by atoms with Gasteiger partial charge in [0.15, 0.2) is 28.2 Å². The Bertz CT molecular complexity index is 601. The molecule has 0 N–H and O–H groups in total. The summed E-state index contributed by atoms with van der Waals surface area (Å²) in [6, 6.07) is 0. The van der Waals surface area contributed by atoms with Crippen molar-refractivity contribution in [2.75, 3.05) is 0 Å². The van der Waals surface area contributed by atoms with Gasteiger partial charge in [-0.3, -0.25) is 4.79 Å². The largest absolute Gasteiger partial charge is 0.411 e. The van der Waals surface area contributed by atoms with E-state index in [0.29, 0.717) is 6.42 Å². The van der Waals surface area contributed by atoms with Crippen LogP contribution in [0, 0.1) is 0 Å². The first kappa shape index (κ1) is 24.2. The zero-order chi connectivity index (χ0) is 21.9. The summed E-state index contributed by atoms with van der Waals surface area (Å²) in [6.07, 6.45) is -1.24. The van der Waals surface area contributed by atoms with Gasteiger partial charge in [0.2, 0.25) is 0 Å². The summed E-state index contributed by atoms with van der Waals surface area (Å²) in [4.78, 5) is 12.9. The first-order chi connectivity index (χ1) is 12.3. The molecule has 2 fully saturated rings. The molecular formula is C21H42O5Si2. The highest BCUT2D eigenvalue weighted by atomic mass is 28.4. The number of hydrogen-bond acceptors (Lipinski definition) is 5. The van der Waals surface area contributed by atoms with Gasteiger partial charge in [-0.25, -0.2) is 0 Å². The van der Waals surface area contributed by atoms with Crippen LogP contribution in [0.3, 0.4) is 0 Å². The minimum absolute atomic E-state index is 0.0560. The van der Waals surface area contributed by atoms with Crippen LogP contribution in [0.25, 0.3) is 0 Å². The van der Waals surface area contributed by atoms with Gasteiger partial charge < -0.3 is 18.3 Å². The Kier molecular flexibility index (Phi) is 6.29. The van der Waals surface area contributed by atoms with E-state index in [9.17, 15) is 4.79 Å². The highest BCUT2D eigenvalue weighted by molar-refractivity contribution is 6.74. The van der Waals surface area contributed by atoms with Crippen LogP contribution in [0.4, 0.5) is 0 Å². The minimum Gasteiger partial charge on any atom is -0.411 e. The second kappa shape index (κ2) is 7.27. The van der Waals surface area contributed by atoms with E-state index in [-0.39, 0.29) is 28.1 Å². The number of carbonyl (C=O) groups excluding carboxylic acids is 1. The van der Waals surface area contributed by atoms with Crippen LogP contribution in [0.2, 0.25) is 36.3 Å². The van der Waals surface area contributed by atoms with E-state index >= 15 is 0 Å². The summed E-state index contributed by atoms with van der Waals surface area (Å²) < 4.78 is 25.8. The molecule has 1 saturated heterocycles. The van der Waals surface area contributed by atoms with Crippen molar-refractivity contribution >= 4 is 22.4 Å². The number of carbonyl (C=O) groups is 1. The lowest BCUT2D eigenvalue weighted by atomic mass is 9.89. The van der Waals surface area contributed by atoms with E-state index < -0.39 is 34.6 Å². The lowest BCUT2D eigenvalue weighted by molar-refractivity contribution is -0.157. The summed E-state index contributed by atoms with van der Waals surface area (Å²) in [5, 5.41) is 0.112. The second-order valence-corrected chi connectivity index (χ2v) is 21.5. The third-order valence-corrected chi connectivity index (χ3v) is 16.0. The molecule has 0 aromatic heterocycles. The van der Waals surface area contributed by atoms with Gasteiger partial charge in [-0.05, 0) is 50.1 Å². The van der Waals surface area contributed by atoms with Gasteiger partial charge in [0.1, 0.15) is 12.2 Å². The number of ether oxygens (including phenoxy) is 2. The Hall–Kier alpha value is -0.0562. The Labute approximate surface area is 174 Å². The minimum atomic E-state index is -2.10. The van der Waals surface area contributed by atoms with Gasteiger partial charge >= 0.3 is 0 Å². The van der Waals surface area contributed by atoms with Crippen molar-refractivity contribution in [1.82, 2.24) is 0 Å². The summed E-state index contributed by atoms with van der Waals surface area (Å²) in [6.45, 7) is 26.0. The Morgan fingerprint density at radius 1 is 0.893 bits per heavy atom. The van der Waals surface area contributed by atoms with Crippen LogP contribution in [-0.4, -0.2) is 52.6 Å². The monoisotopic (exact) mass is 430 g/mol. The normalized spacial score (nSPS) is 31.8. The molecule has 164 valence electrons. The number of hydrogen-bond donors (Lipinski definition) is 0. The summed E-state index contributed by atoms with van der Waals surface area (Å²) in [7, 11) is -4.17. The maximum atomic E-state index is 12.9. The van der Waals surface area contributed by atoms with Gasteiger partial charge in [0.05, 0.1) is 12.2 Å². The molecule has 0 spiro atoms. The van der Waals surface area contributed by atoms with Crippen molar-refractivity contribution in [3.63, 3.8) is 0 Å². The van der Waals surface area contributed by atoms with Crippen molar-refractivity contribution in [2.45, 2.75) is 128 Å². The fraction of sp³-hybridized carbons (Fsp3) is 0.952. The predicted molar refractivity (Wildman–Crippen MR) is 118 cm³/mol. The van der Waals surface area contributed by atoms with Crippen molar-refractivity contribution < 1.29 is 23.1 Å². The molecule has 2 aliphatic rings. The van der Waals surface area contributed by atoms with Gasteiger partial charge in [-0.2, -0.15) is 0 Å². The van der Waals surface area contributed by atoms with Crippen molar-refractivity contribution in [1.29, 1.82) is 0 Å². The van der Waals surface area contributed by atoms with Crippen LogP contribution < -0.4 is 0 Å². The van der Waals surface area contributed by atoms with E-state index in [1.807, 2.05) is 13.8 Å².